The van der Waals surface area contributed by atoms with Gasteiger partial charge < -0.3 is 5.73 Å². The number of rotatable bonds is 3. The van der Waals surface area contributed by atoms with E-state index in [4.69, 9.17) is 5.73 Å². The van der Waals surface area contributed by atoms with E-state index >= 15 is 0 Å². The number of nitrogens with two attached hydrogens (primary N) is 1. The molecule has 4 heteroatoms. The summed E-state index contributed by atoms with van der Waals surface area (Å²) in [7, 11) is 0. The van der Waals surface area contributed by atoms with Gasteiger partial charge in [-0.15, -0.1) is 0 Å². The van der Waals surface area contributed by atoms with E-state index in [9.17, 15) is 4.39 Å². The molecule has 0 spiro atoms. The summed E-state index contributed by atoms with van der Waals surface area (Å²) in [4.78, 5) is 0. The lowest BCUT2D eigenvalue weighted by atomic mass is 9.96. The van der Waals surface area contributed by atoms with E-state index in [1.165, 1.54) is 6.07 Å². The molecular weight excluding hydrogens is 385 g/mol. The third-order valence-electron chi connectivity index (χ3n) is 3.36. The summed E-state index contributed by atoms with van der Waals surface area (Å²) in [5, 5.41) is 0. The molecule has 106 valence electrons. The Labute approximate surface area is 135 Å². The van der Waals surface area contributed by atoms with Crippen molar-refractivity contribution < 1.29 is 4.39 Å². The minimum atomic E-state index is -0.252. The lowest BCUT2D eigenvalue weighted by Gasteiger charge is -2.16. The van der Waals surface area contributed by atoms with Gasteiger partial charge in [0.25, 0.3) is 0 Å². The number of benzene rings is 2. The van der Waals surface area contributed by atoms with Crippen LogP contribution in [0.4, 0.5) is 4.39 Å². The zero-order chi connectivity index (χ0) is 14.9. The van der Waals surface area contributed by atoms with Gasteiger partial charge in [0.15, 0.2) is 0 Å². The largest absolute Gasteiger partial charge is 0.324 e. The van der Waals surface area contributed by atoms with Gasteiger partial charge in [0.2, 0.25) is 0 Å². The van der Waals surface area contributed by atoms with Crippen molar-refractivity contribution in [3.8, 4) is 0 Å². The maximum absolute atomic E-state index is 13.5. The SMILES string of the molecule is Cc1cc(C(N)Cc2cccc(F)c2Br)cc(C)c1Br. The van der Waals surface area contributed by atoms with Crippen molar-refractivity contribution >= 4 is 31.9 Å². The van der Waals surface area contributed by atoms with Crippen LogP contribution in [0.2, 0.25) is 0 Å². The van der Waals surface area contributed by atoms with Crippen molar-refractivity contribution in [2.24, 2.45) is 5.73 Å². The van der Waals surface area contributed by atoms with Gasteiger partial charge in [-0.3, -0.25) is 0 Å². The summed E-state index contributed by atoms with van der Waals surface area (Å²) >= 11 is 6.84. The summed E-state index contributed by atoms with van der Waals surface area (Å²) < 4.78 is 15.1. The van der Waals surface area contributed by atoms with Crippen molar-refractivity contribution in [2.45, 2.75) is 26.3 Å². The molecule has 0 bridgehead atoms. The summed E-state index contributed by atoms with van der Waals surface area (Å²) in [5.74, 6) is -0.252. The van der Waals surface area contributed by atoms with Gasteiger partial charge in [0.05, 0.1) is 4.47 Å². The maximum atomic E-state index is 13.5. The minimum absolute atomic E-state index is 0.154. The zero-order valence-electron chi connectivity index (χ0n) is 11.4. The van der Waals surface area contributed by atoms with Crippen LogP contribution in [0, 0.1) is 19.7 Å². The van der Waals surface area contributed by atoms with Gasteiger partial charge in [-0.05, 0) is 64.5 Å². The van der Waals surface area contributed by atoms with Gasteiger partial charge in [-0.1, -0.05) is 40.2 Å². The molecule has 0 aliphatic heterocycles. The first-order valence-electron chi connectivity index (χ1n) is 6.35. The van der Waals surface area contributed by atoms with Crippen molar-refractivity contribution in [3.63, 3.8) is 0 Å². The quantitative estimate of drug-likeness (QED) is 0.751. The van der Waals surface area contributed by atoms with Crippen molar-refractivity contribution in [2.75, 3.05) is 0 Å². The van der Waals surface area contributed by atoms with Gasteiger partial charge in [-0.2, -0.15) is 0 Å². The van der Waals surface area contributed by atoms with Gasteiger partial charge >= 0.3 is 0 Å². The molecule has 2 aromatic rings. The van der Waals surface area contributed by atoms with Crippen LogP contribution in [0.3, 0.4) is 0 Å². The third-order valence-corrected chi connectivity index (χ3v) is 5.50. The standard InChI is InChI=1S/C16H16Br2FN/c1-9-6-12(7-10(2)15(9)17)14(20)8-11-4-3-5-13(19)16(11)18/h3-7,14H,8,20H2,1-2H3. The highest BCUT2D eigenvalue weighted by molar-refractivity contribution is 9.10. The molecule has 20 heavy (non-hydrogen) atoms. The van der Waals surface area contributed by atoms with E-state index in [1.54, 1.807) is 6.07 Å². The predicted molar refractivity (Wildman–Crippen MR) is 88.3 cm³/mol. The van der Waals surface area contributed by atoms with Crippen LogP contribution in [0.25, 0.3) is 0 Å². The molecule has 2 N–H and O–H groups in total. The smallest absolute Gasteiger partial charge is 0.137 e. The molecule has 0 aromatic heterocycles. The van der Waals surface area contributed by atoms with Gasteiger partial charge in [-0.25, -0.2) is 4.39 Å². The molecule has 0 saturated carbocycles. The van der Waals surface area contributed by atoms with Crippen LogP contribution in [-0.4, -0.2) is 0 Å². The van der Waals surface area contributed by atoms with Crippen molar-refractivity contribution in [1.82, 2.24) is 0 Å². The molecule has 0 fully saturated rings. The Morgan fingerprint density at radius 3 is 2.30 bits per heavy atom. The Morgan fingerprint density at radius 1 is 1.10 bits per heavy atom. The first-order chi connectivity index (χ1) is 9.40. The van der Waals surface area contributed by atoms with Crippen LogP contribution in [0.1, 0.15) is 28.3 Å². The second kappa shape index (κ2) is 6.37. The highest BCUT2D eigenvalue weighted by Crippen LogP contribution is 2.28. The molecule has 2 rings (SSSR count). The van der Waals surface area contributed by atoms with E-state index in [1.807, 2.05) is 19.9 Å². The van der Waals surface area contributed by atoms with E-state index < -0.39 is 0 Å². The van der Waals surface area contributed by atoms with Crippen molar-refractivity contribution in [1.29, 1.82) is 0 Å². The second-order valence-corrected chi connectivity index (χ2v) is 6.58. The molecule has 0 heterocycles. The first kappa shape index (κ1) is 15.7. The average molecular weight is 401 g/mol. The Kier molecular flexibility index (Phi) is 4.99. The van der Waals surface area contributed by atoms with Gasteiger partial charge in [0, 0.05) is 10.5 Å². The maximum Gasteiger partial charge on any atom is 0.137 e. The molecule has 0 saturated heterocycles. The van der Waals surface area contributed by atoms with Crippen LogP contribution >= 0.6 is 31.9 Å². The van der Waals surface area contributed by atoms with Crippen LogP contribution in [-0.2, 0) is 6.42 Å². The fourth-order valence-electron chi connectivity index (χ4n) is 2.25. The number of aryl methyl sites for hydroxylation is 2. The van der Waals surface area contributed by atoms with Crippen LogP contribution in [0.15, 0.2) is 39.3 Å². The van der Waals surface area contributed by atoms with Crippen LogP contribution in [0.5, 0.6) is 0 Å². The van der Waals surface area contributed by atoms with E-state index in [0.29, 0.717) is 10.9 Å². The zero-order valence-corrected chi connectivity index (χ0v) is 14.6. The minimum Gasteiger partial charge on any atom is -0.324 e. The number of halogens is 3. The molecule has 0 aliphatic carbocycles. The Hall–Kier alpha value is -0.710. The predicted octanol–water partition coefficient (Wildman–Crippen LogP) is 5.21. The van der Waals surface area contributed by atoms with E-state index in [0.717, 1.165) is 26.7 Å². The summed E-state index contributed by atoms with van der Waals surface area (Å²) in [6, 6.07) is 9.04. The Balaban J connectivity index is 2.28. The fourth-order valence-corrected chi connectivity index (χ4v) is 2.91. The monoisotopic (exact) mass is 399 g/mol. The van der Waals surface area contributed by atoms with E-state index in [-0.39, 0.29) is 11.9 Å². The normalized spacial score (nSPS) is 12.5. The Bertz CT molecular complexity index is 617. The molecule has 0 radical (unpaired) electrons. The molecular formula is C16H16Br2FN. The fraction of sp³-hybridized carbons (Fsp3) is 0.250. The molecule has 1 unspecified atom stereocenters. The molecule has 0 aliphatic rings. The Morgan fingerprint density at radius 2 is 1.70 bits per heavy atom. The first-order valence-corrected chi connectivity index (χ1v) is 7.94. The summed E-state index contributed by atoms with van der Waals surface area (Å²) in [5.41, 5.74) is 10.6. The summed E-state index contributed by atoms with van der Waals surface area (Å²) in [6.45, 7) is 4.09. The lowest BCUT2D eigenvalue weighted by Crippen LogP contribution is -2.14. The molecule has 0 amide bonds. The second-order valence-electron chi connectivity index (χ2n) is 4.99. The summed E-state index contributed by atoms with van der Waals surface area (Å²) in [6.07, 6.45) is 0.596. The van der Waals surface area contributed by atoms with Crippen LogP contribution < -0.4 is 5.73 Å². The average Bonchev–Trinajstić information content (AvgIpc) is 2.40. The molecule has 2 aromatic carbocycles. The topological polar surface area (TPSA) is 26.0 Å². The highest BCUT2D eigenvalue weighted by atomic mass is 79.9. The van der Waals surface area contributed by atoms with Crippen molar-refractivity contribution in [3.05, 3.63) is 67.3 Å². The third kappa shape index (κ3) is 3.30. The van der Waals surface area contributed by atoms with Gasteiger partial charge in [0.1, 0.15) is 5.82 Å². The number of hydrogen-bond acceptors (Lipinski definition) is 1. The molecule has 1 atom stereocenters. The lowest BCUT2D eigenvalue weighted by molar-refractivity contribution is 0.614. The number of hydrogen-bond donors (Lipinski definition) is 1. The highest BCUT2D eigenvalue weighted by Gasteiger charge is 2.13. The molecule has 1 nitrogen and oxygen atoms in total. The van der Waals surface area contributed by atoms with E-state index in [2.05, 4.69) is 44.0 Å².